The lowest BCUT2D eigenvalue weighted by Gasteiger charge is -2.07. The molecule has 1 aromatic rings. The number of anilines is 1. The van der Waals surface area contributed by atoms with Crippen LogP contribution < -0.4 is 10.6 Å². The van der Waals surface area contributed by atoms with Crippen LogP contribution in [-0.4, -0.2) is 38.2 Å². The van der Waals surface area contributed by atoms with Crippen molar-refractivity contribution in [3.8, 4) is 0 Å². The first-order chi connectivity index (χ1) is 8.19. The highest BCUT2D eigenvalue weighted by atomic mass is 35.5. The van der Waals surface area contributed by atoms with Gasteiger partial charge in [-0.15, -0.1) is 0 Å². The minimum Gasteiger partial charge on any atom is -0.385 e. The minimum absolute atomic E-state index is 0.204. The number of halogens is 1. The molecule has 6 heteroatoms. The second kappa shape index (κ2) is 7.09. The van der Waals surface area contributed by atoms with Gasteiger partial charge in [-0.3, -0.25) is 4.79 Å². The minimum atomic E-state index is -0.204. The Morgan fingerprint density at radius 3 is 3.00 bits per heavy atom. The molecule has 0 bridgehead atoms. The Hall–Kier alpha value is -1.33. The number of carbonyl (C=O) groups excluding carboxylic acids is 1. The van der Waals surface area contributed by atoms with Gasteiger partial charge in [-0.25, -0.2) is 4.98 Å². The molecule has 1 amide bonds. The molecule has 0 fully saturated rings. The number of nitrogens with zero attached hydrogens (tertiary/aromatic N) is 1. The molecule has 0 aliphatic heterocycles. The maximum atomic E-state index is 11.8. The SMILES string of the molecule is CNc1cc(C(=O)NCCCOC)c(Cl)cn1. The standard InChI is InChI=1S/C11H16ClN3O2/c1-13-10-6-8(9(12)7-15-10)11(16)14-4-3-5-17-2/h6-7H,3-5H2,1-2H3,(H,13,15)(H,14,16). The number of methoxy groups -OCH3 is 1. The number of carbonyl (C=O) groups is 1. The van der Waals surface area contributed by atoms with Crippen molar-refractivity contribution in [3.63, 3.8) is 0 Å². The second-order valence-electron chi connectivity index (χ2n) is 3.40. The van der Waals surface area contributed by atoms with Crippen LogP contribution in [0.2, 0.25) is 5.02 Å². The predicted octanol–water partition coefficient (Wildman–Crippen LogP) is 1.54. The van der Waals surface area contributed by atoms with Crippen LogP contribution >= 0.6 is 11.6 Å². The number of nitrogens with one attached hydrogen (secondary N) is 2. The highest BCUT2D eigenvalue weighted by Gasteiger charge is 2.11. The summed E-state index contributed by atoms with van der Waals surface area (Å²) >= 11 is 5.91. The fourth-order valence-electron chi connectivity index (χ4n) is 1.26. The zero-order valence-corrected chi connectivity index (χ0v) is 10.7. The molecule has 1 heterocycles. The van der Waals surface area contributed by atoms with Gasteiger partial charge in [-0.1, -0.05) is 11.6 Å². The Labute approximate surface area is 106 Å². The van der Waals surface area contributed by atoms with Gasteiger partial charge in [0.15, 0.2) is 0 Å². The third-order valence-electron chi connectivity index (χ3n) is 2.17. The number of aromatic nitrogens is 1. The smallest absolute Gasteiger partial charge is 0.252 e. The van der Waals surface area contributed by atoms with Crippen LogP contribution in [0.3, 0.4) is 0 Å². The van der Waals surface area contributed by atoms with E-state index < -0.39 is 0 Å². The Bertz CT molecular complexity index is 385. The molecule has 2 N–H and O–H groups in total. The van der Waals surface area contributed by atoms with Crippen LogP contribution in [0.4, 0.5) is 5.82 Å². The number of rotatable bonds is 6. The van der Waals surface area contributed by atoms with Crippen molar-refractivity contribution in [1.29, 1.82) is 0 Å². The van der Waals surface area contributed by atoms with Crippen LogP contribution in [-0.2, 0) is 4.74 Å². The van der Waals surface area contributed by atoms with Crippen LogP contribution in [0.5, 0.6) is 0 Å². The summed E-state index contributed by atoms with van der Waals surface area (Å²) in [7, 11) is 3.36. The van der Waals surface area contributed by atoms with Gasteiger partial charge in [-0.05, 0) is 12.5 Å². The van der Waals surface area contributed by atoms with Gasteiger partial charge in [0.05, 0.1) is 10.6 Å². The van der Waals surface area contributed by atoms with Gasteiger partial charge in [-0.2, -0.15) is 0 Å². The fraction of sp³-hybridized carbons (Fsp3) is 0.455. The van der Waals surface area contributed by atoms with Crippen LogP contribution in [0, 0.1) is 0 Å². The van der Waals surface area contributed by atoms with Crippen LogP contribution in [0.25, 0.3) is 0 Å². The monoisotopic (exact) mass is 257 g/mol. The van der Waals surface area contributed by atoms with E-state index in [4.69, 9.17) is 16.3 Å². The lowest BCUT2D eigenvalue weighted by molar-refractivity contribution is 0.0948. The Balaban J connectivity index is 2.61. The summed E-state index contributed by atoms with van der Waals surface area (Å²) in [6.45, 7) is 1.17. The molecule has 0 aliphatic carbocycles. The predicted molar refractivity (Wildman–Crippen MR) is 67.6 cm³/mol. The van der Waals surface area contributed by atoms with E-state index in [0.717, 1.165) is 6.42 Å². The third kappa shape index (κ3) is 4.20. The van der Waals surface area contributed by atoms with E-state index in [0.29, 0.717) is 29.6 Å². The van der Waals surface area contributed by atoms with Crippen LogP contribution in [0.15, 0.2) is 12.3 Å². The van der Waals surface area contributed by atoms with Crippen molar-refractivity contribution in [2.75, 3.05) is 32.6 Å². The molecule has 0 atom stereocenters. The largest absolute Gasteiger partial charge is 0.385 e. The van der Waals surface area contributed by atoms with E-state index in [1.807, 2.05) is 0 Å². The molecular formula is C11H16ClN3O2. The zero-order valence-electron chi connectivity index (χ0n) is 9.92. The number of hydrogen-bond donors (Lipinski definition) is 2. The van der Waals surface area contributed by atoms with Crippen molar-refractivity contribution in [2.24, 2.45) is 0 Å². The van der Waals surface area contributed by atoms with E-state index in [2.05, 4.69) is 15.6 Å². The molecule has 1 aromatic heterocycles. The first kappa shape index (κ1) is 13.7. The van der Waals surface area contributed by atoms with Crippen molar-refractivity contribution >= 4 is 23.3 Å². The molecule has 0 spiro atoms. The first-order valence-electron chi connectivity index (χ1n) is 5.29. The number of ether oxygens (including phenoxy) is 1. The molecule has 0 unspecified atom stereocenters. The average molecular weight is 258 g/mol. The van der Waals surface area contributed by atoms with Crippen molar-refractivity contribution < 1.29 is 9.53 Å². The van der Waals surface area contributed by atoms with Crippen molar-refractivity contribution in [1.82, 2.24) is 10.3 Å². The van der Waals surface area contributed by atoms with Gasteiger partial charge in [0.2, 0.25) is 0 Å². The molecule has 0 saturated heterocycles. The molecule has 0 saturated carbocycles. The topological polar surface area (TPSA) is 63.2 Å². The highest BCUT2D eigenvalue weighted by Crippen LogP contribution is 2.17. The maximum absolute atomic E-state index is 11.8. The molecule has 94 valence electrons. The van der Waals surface area contributed by atoms with Gasteiger partial charge >= 0.3 is 0 Å². The van der Waals surface area contributed by atoms with E-state index in [9.17, 15) is 4.79 Å². The highest BCUT2D eigenvalue weighted by molar-refractivity contribution is 6.33. The fourth-order valence-corrected chi connectivity index (χ4v) is 1.45. The van der Waals surface area contributed by atoms with Crippen molar-refractivity contribution in [2.45, 2.75) is 6.42 Å². The molecule has 17 heavy (non-hydrogen) atoms. The lowest BCUT2D eigenvalue weighted by Crippen LogP contribution is -2.25. The first-order valence-corrected chi connectivity index (χ1v) is 5.67. The van der Waals surface area contributed by atoms with Gasteiger partial charge < -0.3 is 15.4 Å². The Morgan fingerprint density at radius 2 is 2.35 bits per heavy atom. The summed E-state index contributed by atoms with van der Waals surface area (Å²) in [4.78, 5) is 15.8. The summed E-state index contributed by atoms with van der Waals surface area (Å²) < 4.78 is 4.89. The van der Waals surface area contributed by atoms with E-state index >= 15 is 0 Å². The average Bonchev–Trinajstić information content (AvgIpc) is 2.35. The summed E-state index contributed by atoms with van der Waals surface area (Å²) in [5.74, 6) is 0.404. The molecule has 0 aromatic carbocycles. The molecule has 0 aliphatic rings. The van der Waals surface area contributed by atoms with E-state index in [-0.39, 0.29) is 5.91 Å². The van der Waals surface area contributed by atoms with Gasteiger partial charge in [0.1, 0.15) is 5.82 Å². The van der Waals surface area contributed by atoms with Crippen LogP contribution in [0.1, 0.15) is 16.8 Å². The Kier molecular flexibility index (Phi) is 5.72. The zero-order chi connectivity index (χ0) is 12.7. The maximum Gasteiger partial charge on any atom is 0.252 e. The third-order valence-corrected chi connectivity index (χ3v) is 2.47. The molecule has 0 radical (unpaired) electrons. The van der Waals surface area contributed by atoms with Gasteiger partial charge in [0, 0.05) is 33.5 Å². The number of hydrogen-bond acceptors (Lipinski definition) is 4. The lowest BCUT2D eigenvalue weighted by atomic mass is 10.2. The summed E-state index contributed by atoms with van der Waals surface area (Å²) in [6.07, 6.45) is 2.22. The van der Waals surface area contributed by atoms with E-state index in [1.165, 1.54) is 6.20 Å². The quantitative estimate of drug-likeness (QED) is 0.759. The second-order valence-corrected chi connectivity index (χ2v) is 3.81. The number of pyridine rings is 1. The van der Waals surface area contributed by atoms with Gasteiger partial charge in [0.25, 0.3) is 5.91 Å². The van der Waals surface area contributed by atoms with E-state index in [1.54, 1.807) is 20.2 Å². The summed E-state index contributed by atoms with van der Waals surface area (Å²) in [5, 5.41) is 5.96. The molecular weight excluding hydrogens is 242 g/mol. The summed E-state index contributed by atoms with van der Waals surface area (Å²) in [6, 6.07) is 1.62. The summed E-state index contributed by atoms with van der Waals surface area (Å²) in [5.41, 5.74) is 0.420. The molecule has 1 rings (SSSR count). The number of amides is 1. The normalized spacial score (nSPS) is 10.1. The van der Waals surface area contributed by atoms with Crippen molar-refractivity contribution in [3.05, 3.63) is 22.8 Å². The molecule has 5 nitrogen and oxygen atoms in total. The Morgan fingerprint density at radius 1 is 1.59 bits per heavy atom.